The molecule has 132 valence electrons. The molecule has 1 aliphatic rings. The first-order valence-electron chi connectivity index (χ1n) is 7.84. The lowest BCUT2D eigenvalue weighted by atomic mass is 9.94. The molecular formula is C18H13ClFN3O2S. The number of rotatable bonds is 3. The number of fused-ring (bicyclic) bond motifs is 1. The van der Waals surface area contributed by atoms with Crippen LogP contribution in [0.25, 0.3) is 0 Å². The highest BCUT2D eigenvalue weighted by molar-refractivity contribution is 7.18. The monoisotopic (exact) mass is 389 g/mol. The van der Waals surface area contributed by atoms with Gasteiger partial charge in [0, 0.05) is 11.8 Å². The molecule has 2 aromatic heterocycles. The van der Waals surface area contributed by atoms with E-state index in [0.29, 0.717) is 27.8 Å². The third-order valence-electron chi connectivity index (χ3n) is 4.25. The van der Waals surface area contributed by atoms with E-state index in [0.717, 1.165) is 22.5 Å². The van der Waals surface area contributed by atoms with Crippen LogP contribution in [0.1, 0.15) is 38.0 Å². The van der Waals surface area contributed by atoms with Crippen LogP contribution in [0.3, 0.4) is 0 Å². The van der Waals surface area contributed by atoms with Crippen molar-refractivity contribution in [3.63, 3.8) is 0 Å². The summed E-state index contributed by atoms with van der Waals surface area (Å²) in [6.45, 7) is 0.498. The van der Waals surface area contributed by atoms with E-state index in [-0.39, 0.29) is 23.0 Å². The van der Waals surface area contributed by atoms with Crippen LogP contribution in [-0.4, -0.2) is 22.4 Å². The van der Waals surface area contributed by atoms with Crippen molar-refractivity contribution in [3.05, 3.63) is 74.1 Å². The maximum absolute atomic E-state index is 13.7. The topological polar surface area (TPSA) is 78.1 Å². The molecule has 4 rings (SSSR count). The maximum atomic E-state index is 13.7. The Morgan fingerprint density at radius 3 is 3.00 bits per heavy atom. The van der Waals surface area contributed by atoms with Gasteiger partial charge in [0.05, 0.1) is 21.4 Å². The van der Waals surface area contributed by atoms with E-state index < -0.39 is 6.10 Å². The standard InChI is InChI=1S/C18H13ClFN3O2S/c19-17-12(16-11-5-10(20)2-1-9(11)3-4-25-16)6-14(26-17)15(24)13-7-22-8-23-18(13)21/h1-2,5-8,16H,3-4H2,(H2,21,22,23). The molecule has 1 atom stereocenters. The zero-order valence-corrected chi connectivity index (χ0v) is 15.0. The first kappa shape index (κ1) is 17.1. The van der Waals surface area contributed by atoms with Crippen LogP contribution >= 0.6 is 22.9 Å². The van der Waals surface area contributed by atoms with Crippen LogP contribution in [0.4, 0.5) is 10.2 Å². The zero-order valence-electron chi connectivity index (χ0n) is 13.4. The number of ether oxygens (including phenoxy) is 1. The number of aromatic nitrogens is 2. The largest absolute Gasteiger partial charge is 0.383 e. The Morgan fingerprint density at radius 2 is 2.19 bits per heavy atom. The van der Waals surface area contributed by atoms with Gasteiger partial charge in [-0.2, -0.15) is 0 Å². The van der Waals surface area contributed by atoms with E-state index in [1.165, 1.54) is 24.7 Å². The van der Waals surface area contributed by atoms with Gasteiger partial charge in [0.1, 0.15) is 24.1 Å². The third-order valence-corrected chi connectivity index (χ3v) is 5.64. The van der Waals surface area contributed by atoms with Crippen molar-refractivity contribution in [2.75, 3.05) is 12.3 Å². The summed E-state index contributed by atoms with van der Waals surface area (Å²) >= 11 is 7.52. The number of halogens is 2. The van der Waals surface area contributed by atoms with Crippen molar-refractivity contribution in [2.45, 2.75) is 12.5 Å². The van der Waals surface area contributed by atoms with Crippen LogP contribution in [0.15, 0.2) is 36.8 Å². The number of hydrogen-bond donors (Lipinski definition) is 1. The minimum Gasteiger partial charge on any atom is -0.383 e. The molecule has 2 N–H and O–H groups in total. The molecular weight excluding hydrogens is 377 g/mol. The zero-order chi connectivity index (χ0) is 18.3. The van der Waals surface area contributed by atoms with Gasteiger partial charge >= 0.3 is 0 Å². The van der Waals surface area contributed by atoms with Gasteiger partial charge < -0.3 is 10.5 Å². The predicted octanol–water partition coefficient (Wildman–Crippen LogP) is 3.81. The molecule has 1 aromatic carbocycles. The lowest BCUT2D eigenvalue weighted by Crippen LogP contribution is -2.17. The van der Waals surface area contributed by atoms with Gasteiger partial charge in [0.15, 0.2) is 0 Å². The van der Waals surface area contributed by atoms with Gasteiger partial charge in [0.2, 0.25) is 5.78 Å². The minimum absolute atomic E-state index is 0.109. The van der Waals surface area contributed by atoms with Crippen LogP contribution in [0.2, 0.25) is 4.34 Å². The van der Waals surface area contributed by atoms with Gasteiger partial charge in [-0.25, -0.2) is 14.4 Å². The fraction of sp³-hybridized carbons (Fsp3) is 0.167. The van der Waals surface area contributed by atoms with Crippen LogP contribution in [-0.2, 0) is 11.2 Å². The number of ketones is 1. The highest BCUT2D eigenvalue weighted by Gasteiger charge is 2.28. The number of nitrogens with zero attached hydrogens (tertiary/aromatic N) is 2. The van der Waals surface area contributed by atoms with Gasteiger partial charge in [-0.3, -0.25) is 4.79 Å². The quantitative estimate of drug-likeness (QED) is 0.689. The molecule has 1 aliphatic heterocycles. The molecule has 0 fully saturated rings. The van der Waals surface area contributed by atoms with Crippen LogP contribution < -0.4 is 5.73 Å². The third kappa shape index (κ3) is 2.98. The SMILES string of the molecule is Nc1ncncc1C(=O)c1cc(C2OCCc3ccc(F)cc32)c(Cl)s1. The summed E-state index contributed by atoms with van der Waals surface area (Å²) in [5.74, 6) is -0.537. The highest BCUT2D eigenvalue weighted by atomic mass is 35.5. The molecule has 0 amide bonds. The van der Waals surface area contributed by atoms with Crippen molar-refractivity contribution in [1.29, 1.82) is 0 Å². The lowest BCUT2D eigenvalue weighted by Gasteiger charge is -2.26. The summed E-state index contributed by atoms with van der Waals surface area (Å²) in [4.78, 5) is 20.8. The number of thiophene rings is 1. The van der Waals surface area contributed by atoms with Crippen LogP contribution in [0.5, 0.6) is 0 Å². The predicted molar refractivity (Wildman–Crippen MR) is 97.1 cm³/mol. The first-order valence-corrected chi connectivity index (χ1v) is 9.03. The molecule has 0 saturated heterocycles. The van der Waals surface area contributed by atoms with E-state index in [9.17, 15) is 9.18 Å². The summed E-state index contributed by atoms with van der Waals surface area (Å²) in [5.41, 5.74) is 8.36. The normalized spacial score (nSPS) is 16.3. The second kappa shape index (κ2) is 6.75. The Hall–Kier alpha value is -2.35. The number of nitrogen functional groups attached to an aromatic ring is 1. The average Bonchev–Trinajstić information content (AvgIpc) is 3.02. The van der Waals surface area contributed by atoms with Gasteiger partial charge in [0.25, 0.3) is 0 Å². The lowest BCUT2D eigenvalue weighted by molar-refractivity contribution is 0.0698. The maximum Gasteiger partial charge on any atom is 0.208 e. The summed E-state index contributed by atoms with van der Waals surface area (Å²) in [5, 5.41) is 0. The van der Waals surface area contributed by atoms with Gasteiger partial charge in [-0.05, 0) is 35.7 Å². The van der Waals surface area contributed by atoms with E-state index >= 15 is 0 Å². The summed E-state index contributed by atoms with van der Waals surface area (Å²) in [6.07, 6.45) is 2.85. The molecule has 3 heterocycles. The number of nitrogens with two attached hydrogens (primary N) is 1. The molecule has 8 heteroatoms. The van der Waals surface area contributed by atoms with Crippen molar-refractivity contribution in [3.8, 4) is 0 Å². The second-order valence-corrected chi connectivity index (χ2v) is 7.49. The van der Waals surface area contributed by atoms with Crippen molar-refractivity contribution in [1.82, 2.24) is 9.97 Å². The van der Waals surface area contributed by atoms with Gasteiger partial charge in [-0.1, -0.05) is 17.7 Å². The molecule has 5 nitrogen and oxygen atoms in total. The van der Waals surface area contributed by atoms with Crippen LogP contribution in [0, 0.1) is 5.82 Å². The number of anilines is 1. The molecule has 3 aromatic rings. The summed E-state index contributed by atoms with van der Waals surface area (Å²) < 4.78 is 20.0. The van der Waals surface area contributed by atoms with E-state index in [1.54, 1.807) is 12.1 Å². The average molecular weight is 390 g/mol. The van der Waals surface area contributed by atoms with Gasteiger partial charge in [-0.15, -0.1) is 11.3 Å². The summed E-state index contributed by atoms with van der Waals surface area (Å²) in [7, 11) is 0. The smallest absolute Gasteiger partial charge is 0.208 e. The Balaban J connectivity index is 1.74. The fourth-order valence-electron chi connectivity index (χ4n) is 2.99. The Kier molecular flexibility index (Phi) is 4.44. The molecule has 0 bridgehead atoms. The highest BCUT2D eigenvalue weighted by Crippen LogP contribution is 2.41. The minimum atomic E-state index is -0.510. The fourth-order valence-corrected chi connectivity index (χ4v) is 4.26. The first-order chi connectivity index (χ1) is 12.5. The molecule has 0 aliphatic carbocycles. The molecule has 1 unspecified atom stereocenters. The van der Waals surface area contributed by atoms with E-state index in [2.05, 4.69) is 9.97 Å². The number of carbonyl (C=O) groups is 1. The molecule has 26 heavy (non-hydrogen) atoms. The number of benzene rings is 1. The molecule has 0 radical (unpaired) electrons. The second-order valence-electron chi connectivity index (χ2n) is 5.83. The number of carbonyl (C=O) groups excluding carboxylic acids is 1. The molecule has 0 spiro atoms. The molecule has 0 saturated carbocycles. The number of hydrogen-bond acceptors (Lipinski definition) is 6. The summed E-state index contributed by atoms with van der Waals surface area (Å²) in [6, 6.07) is 6.32. The Bertz CT molecular complexity index is 1010. The Labute approximate surface area is 157 Å². The van der Waals surface area contributed by atoms with E-state index in [1.807, 2.05) is 0 Å². The van der Waals surface area contributed by atoms with E-state index in [4.69, 9.17) is 22.1 Å². The Morgan fingerprint density at radius 1 is 1.35 bits per heavy atom. The van der Waals surface area contributed by atoms with Crippen molar-refractivity contribution in [2.24, 2.45) is 0 Å². The van der Waals surface area contributed by atoms with Crippen molar-refractivity contribution >= 4 is 34.5 Å². The van der Waals surface area contributed by atoms with Crippen molar-refractivity contribution < 1.29 is 13.9 Å².